The van der Waals surface area contributed by atoms with Crippen LogP contribution in [0.15, 0.2) is 22.7 Å². The smallest absolute Gasteiger partial charge is 0.414 e. The molecule has 5 heteroatoms. The number of ether oxygens (including phenoxy) is 1. The summed E-state index contributed by atoms with van der Waals surface area (Å²) in [5, 5.41) is 3.12. The van der Waals surface area contributed by atoms with Gasteiger partial charge in [0.05, 0.1) is 12.3 Å². The number of anilines is 1. The van der Waals surface area contributed by atoms with E-state index in [0.29, 0.717) is 19.1 Å². The highest BCUT2D eigenvalue weighted by Gasteiger charge is 2.28. The minimum absolute atomic E-state index is 0.257. The van der Waals surface area contributed by atoms with Crippen molar-refractivity contribution in [3.8, 4) is 0 Å². The fourth-order valence-electron chi connectivity index (χ4n) is 2.18. The molecule has 1 N–H and O–H groups in total. The van der Waals surface area contributed by atoms with Crippen molar-refractivity contribution in [2.24, 2.45) is 5.92 Å². The van der Waals surface area contributed by atoms with Gasteiger partial charge >= 0.3 is 6.09 Å². The second kappa shape index (κ2) is 5.71. The Morgan fingerprint density at radius 2 is 2.33 bits per heavy atom. The highest BCUT2D eigenvalue weighted by atomic mass is 79.9. The molecule has 1 fully saturated rings. The van der Waals surface area contributed by atoms with Crippen LogP contribution in [0, 0.1) is 12.8 Å². The van der Waals surface area contributed by atoms with E-state index < -0.39 is 0 Å². The van der Waals surface area contributed by atoms with E-state index >= 15 is 0 Å². The molecule has 1 saturated heterocycles. The Kier molecular flexibility index (Phi) is 4.24. The SMILES string of the molecule is CNCC1COC(=O)N(c2ccc(Br)cc2C)C1. The molecule has 1 aromatic carbocycles. The minimum atomic E-state index is -0.257. The number of aryl methyl sites for hydroxylation is 1. The lowest BCUT2D eigenvalue weighted by Crippen LogP contribution is -2.46. The zero-order valence-electron chi connectivity index (χ0n) is 10.6. The number of halogens is 1. The molecule has 0 bridgehead atoms. The number of rotatable bonds is 3. The molecule has 1 aliphatic rings. The van der Waals surface area contributed by atoms with Crippen LogP contribution in [0.25, 0.3) is 0 Å². The zero-order valence-corrected chi connectivity index (χ0v) is 12.2. The Hall–Kier alpha value is -1.07. The van der Waals surface area contributed by atoms with E-state index in [1.807, 2.05) is 32.2 Å². The van der Waals surface area contributed by atoms with Gasteiger partial charge in [-0.2, -0.15) is 0 Å². The third kappa shape index (κ3) is 2.84. The van der Waals surface area contributed by atoms with E-state index in [-0.39, 0.29) is 6.09 Å². The zero-order chi connectivity index (χ0) is 13.1. The molecule has 1 amide bonds. The third-order valence-electron chi connectivity index (χ3n) is 3.05. The normalized spacial score (nSPS) is 19.8. The summed E-state index contributed by atoms with van der Waals surface area (Å²) in [5.41, 5.74) is 1.98. The number of carbonyl (C=O) groups excluding carboxylic acids is 1. The van der Waals surface area contributed by atoms with Gasteiger partial charge in [-0.15, -0.1) is 0 Å². The van der Waals surface area contributed by atoms with Crippen molar-refractivity contribution in [1.29, 1.82) is 0 Å². The monoisotopic (exact) mass is 312 g/mol. The number of carbonyl (C=O) groups is 1. The quantitative estimate of drug-likeness (QED) is 0.932. The molecule has 1 unspecified atom stereocenters. The second-order valence-electron chi connectivity index (χ2n) is 4.54. The molecule has 0 saturated carbocycles. The molecule has 0 radical (unpaired) electrons. The fourth-order valence-corrected chi connectivity index (χ4v) is 2.66. The van der Waals surface area contributed by atoms with Crippen molar-refractivity contribution < 1.29 is 9.53 Å². The standard InChI is InChI=1S/C13H17BrN2O2/c1-9-5-11(14)3-4-12(9)16-7-10(6-15-2)8-18-13(16)17/h3-5,10,15H,6-8H2,1-2H3. The highest BCUT2D eigenvalue weighted by Crippen LogP contribution is 2.27. The molecule has 98 valence electrons. The lowest BCUT2D eigenvalue weighted by molar-refractivity contribution is 0.115. The Morgan fingerprint density at radius 1 is 1.56 bits per heavy atom. The Balaban J connectivity index is 2.21. The summed E-state index contributed by atoms with van der Waals surface area (Å²) in [6.07, 6.45) is -0.257. The molecule has 1 aromatic rings. The summed E-state index contributed by atoms with van der Waals surface area (Å²) in [6, 6.07) is 5.89. The largest absolute Gasteiger partial charge is 0.449 e. The van der Waals surface area contributed by atoms with E-state index in [2.05, 4.69) is 21.2 Å². The molecule has 0 spiro atoms. The number of nitrogens with zero attached hydrogens (tertiary/aromatic N) is 1. The van der Waals surface area contributed by atoms with Crippen LogP contribution in [0.3, 0.4) is 0 Å². The predicted molar refractivity (Wildman–Crippen MR) is 75.0 cm³/mol. The molecule has 4 nitrogen and oxygen atoms in total. The summed E-state index contributed by atoms with van der Waals surface area (Å²) in [4.78, 5) is 13.6. The van der Waals surface area contributed by atoms with Crippen molar-refractivity contribution in [1.82, 2.24) is 5.32 Å². The van der Waals surface area contributed by atoms with Crippen LogP contribution in [0.4, 0.5) is 10.5 Å². The van der Waals surface area contributed by atoms with Gasteiger partial charge in [0, 0.05) is 23.5 Å². The molecule has 18 heavy (non-hydrogen) atoms. The summed E-state index contributed by atoms with van der Waals surface area (Å²) >= 11 is 3.43. The van der Waals surface area contributed by atoms with E-state index in [1.54, 1.807) is 4.90 Å². The van der Waals surface area contributed by atoms with E-state index in [9.17, 15) is 4.79 Å². The number of nitrogens with one attached hydrogen (secondary N) is 1. The first kappa shape index (κ1) is 13.4. The number of hydrogen-bond acceptors (Lipinski definition) is 3. The van der Waals surface area contributed by atoms with Gasteiger partial charge in [-0.05, 0) is 37.7 Å². The van der Waals surface area contributed by atoms with Crippen LogP contribution in [0.1, 0.15) is 5.56 Å². The van der Waals surface area contributed by atoms with Gasteiger partial charge in [0.1, 0.15) is 0 Å². The summed E-state index contributed by atoms with van der Waals surface area (Å²) in [6.45, 7) is 4.03. The molecular weight excluding hydrogens is 296 g/mol. The van der Waals surface area contributed by atoms with Gasteiger partial charge in [-0.25, -0.2) is 4.79 Å². The predicted octanol–water partition coefficient (Wildman–Crippen LogP) is 2.55. The van der Waals surface area contributed by atoms with Crippen LogP contribution in [0.5, 0.6) is 0 Å². The van der Waals surface area contributed by atoms with Gasteiger partial charge < -0.3 is 10.1 Å². The van der Waals surface area contributed by atoms with Crippen molar-refractivity contribution >= 4 is 27.7 Å². The number of amides is 1. The average Bonchev–Trinajstić information content (AvgIpc) is 2.33. The summed E-state index contributed by atoms with van der Waals surface area (Å²) in [5.74, 6) is 0.329. The molecule has 1 heterocycles. The van der Waals surface area contributed by atoms with Gasteiger partial charge in [-0.3, -0.25) is 4.90 Å². The van der Waals surface area contributed by atoms with Crippen LogP contribution >= 0.6 is 15.9 Å². The molecule has 1 atom stereocenters. The van der Waals surface area contributed by atoms with Crippen LogP contribution < -0.4 is 10.2 Å². The number of hydrogen-bond donors (Lipinski definition) is 1. The first-order valence-electron chi connectivity index (χ1n) is 5.97. The van der Waals surface area contributed by atoms with Crippen molar-refractivity contribution in [2.45, 2.75) is 6.92 Å². The van der Waals surface area contributed by atoms with Gasteiger partial charge in [-0.1, -0.05) is 15.9 Å². The number of benzene rings is 1. The summed E-state index contributed by atoms with van der Waals surface area (Å²) in [7, 11) is 1.91. The summed E-state index contributed by atoms with van der Waals surface area (Å²) < 4.78 is 6.25. The first-order chi connectivity index (χ1) is 8.61. The van der Waals surface area contributed by atoms with Crippen molar-refractivity contribution in [3.05, 3.63) is 28.2 Å². The van der Waals surface area contributed by atoms with Crippen LogP contribution in [-0.4, -0.2) is 32.8 Å². The van der Waals surface area contributed by atoms with Crippen LogP contribution in [-0.2, 0) is 4.74 Å². The fraction of sp³-hybridized carbons (Fsp3) is 0.462. The van der Waals surface area contributed by atoms with Gasteiger partial charge in [0.15, 0.2) is 0 Å². The lowest BCUT2D eigenvalue weighted by Gasteiger charge is -2.33. The van der Waals surface area contributed by atoms with Gasteiger partial charge in [0.2, 0.25) is 0 Å². The Morgan fingerprint density at radius 3 is 3.00 bits per heavy atom. The van der Waals surface area contributed by atoms with E-state index in [0.717, 1.165) is 22.3 Å². The van der Waals surface area contributed by atoms with E-state index in [4.69, 9.17) is 4.74 Å². The lowest BCUT2D eigenvalue weighted by atomic mass is 10.1. The van der Waals surface area contributed by atoms with Gasteiger partial charge in [0.25, 0.3) is 0 Å². The highest BCUT2D eigenvalue weighted by molar-refractivity contribution is 9.10. The third-order valence-corrected chi connectivity index (χ3v) is 3.54. The molecule has 0 aromatic heterocycles. The minimum Gasteiger partial charge on any atom is -0.449 e. The molecule has 2 rings (SSSR count). The molecular formula is C13H17BrN2O2. The van der Waals surface area contributed by atoms with Crippen molar-refractivity contribution in [2.75, 3.05) is 31.6 Å². The molecule has 1 aliphatic heterocycles. The maximum Gasteiger partial charge on any atom is 0.414 e. The maximum absolute atomic E-state index is 11.9. The molecule has 0 aliphatic carbocycles. The maximum atomic E-state index is 11.9. The Labute approximate surface area is 115 Å². The number of cyclic esters (lactones) is 1. The van der Waals surface area contributed by atoms with E-state index in [1.165, 1.54) is 0 Å². The average molecular weight is 313 g/mol. The van der Waals surface area contributed by atoms with Crippen molar-refractivity contribution in [3.63, 3.8) is 0 Å². The topological polar surface area (TPSA) is 41.6 Å². The second-order valence-corrected chi connectivity index (χ2v) is 5.46. The Bertz CT molecular complexity index is 451. The van der Waals surface area contributed by atoms with Crippen LogP contribution in [0.2, 0.25) is 0 Å². The first-order valence-corrected chi connectivity index (χ1v) is 6.76.